The van der Waals surface area contributed by atoms with Gasteiger partial charge in [0.15, 0.2) is 0 Å². The zero-order valence-electron chi connectivity index (χ0n) is 15.5. The van der Waals surface area contributed by atoms with Crippen molar-refractivity contribution >= 4 is 16.8 Å². The van der Waals surface area contributed by atoms with Gasteiger partial charge in [-0.3, -0.25) is 4.79 Å². The second-order valence-corrected chi connectivity index (χ2v) is 7.24. The van der Waals surface area contributed by atoms with Gasteiger partial charge in [-0.2, -0.15) is 13.2 Å². The summed E-state index contributed by atoms with van der Waals surface area (Å²) >= 11 is 0. The van der Waals surface area contributed by atoms with E-state index in [1.807, 2.05) is 37.4 Å². The molecule has 6 heteroatoms. The maximum atomic E-state index is 13.3. The van der Waals surface area contributed by atoms with Crippen LogP contribution in [-0.2, 0) is 17.5 Å². The Kier molecular flexibility index (Phi) is 4.65. The molecule has 1 amide bonds. The minimum Gasteiger partial charge on any atom is -0.361 e. The van der Waals surface area contributed by atoms with Gasteiger partial charge in [0.1, 0.15) is 0 Å². The van der Waals surface area contributed by atoms with E-state index in [1.54, 1.807) is 4.90 Å². The van der Waals surface area contributed by atoms with E-state index < -0.39 is 11.7 Å². The summed E-state index contributed by atoms with van der Waals surface area (Å²) < 4.78 is 40.0. The van der Waals surface area contributed by atoms with Gasteiger partial charge in [-0.05, 0) is 49.1 Å². The average molecular weight is 386 g/mol. The number of hydrogen-bond donors (Lipinski definition) is 1. The van der Waals surface area contributed by atoms with Gasteiger partial charge in [0, 0.05) is 41.7 Å². The third-order valence-corrected chi connectivity index (χ3v) is 5.29. The molecule has 1 aromatic heterocycles. The molecular formula is C22H21F3N2O. The van der Waals surface area contributed by atoms with E-state index in [9.17, 15) is 18.0 Å². The molecule has 0 atom stereocenters. The van der Waals surface area contributed by atoms with E-state index in [1.165, 1.54) is 12.1 Å². The van der Waals surface area contributed by atoms with Crippen molar-refractivity contribution in [1.29, 1.82) is 0 Å². The first-order valence-electron chi connectivity index (χ1n) is 9.44. The number of hydrogen-bond acceptors (Lipinski definition) is 1. The van der Waals surface area contributed by atoms with Crippen molar-refractivity contribution in [3.63, 3.8) is 0 Å². The summed E-state index contributed by atoms with van der Waals surface area (Å²) in [5.41, 5.74) is 2.29. The molecule has 1 heterocycles. The number of para-hydroxylation sites is 1. The number of benzene rings is 2. The first-order valence-corrected chi connectivity index (χ1v) is 9.44. The molecule has 4 rings (SSSR count). The number of nitrogens with zero attached hydrogens (tertiary/aromatic N) is 1. The highest BCUT2D eigenvalue weighted by Crippen LogP contribution is 2.37. The number of H-pyrrole nitrogens is 1. The van der Waals surface area contributed by atoms with Crippen LogP contribution in [0.25, 0.3) is 22.0 Å². The summed E-state index contributed by atoms with van der Waals surface area (Å²) in [4.78, 5) is 17.4. The zero-order chi connectivity index (χ0) is 19.9. The van der Waals surface area contributed by atoms with Crippen molar-refractivity contribution in [2.75, 3.05) is 6.54 Å². The molecule has 0 spiro atoms. The predicted octanol–water partition coefficient (Wildman–Crippen LogP) is 5.61. The lowest BCUT2D eigenvalue weighted by molar-refractivity contribution is -0.137. The standard InChI is InChI=1S/C22H21F3N2O/c1-2-27(21(28)14-7-8-14)13-15-11-16(22(23,24)25)9-10-17(15)19-12-26-20-6-4-3-5-18(19)20/h3-6,9-12,14,26H,2,7-8,13H2,1H3. The van der Waals surface area contributed by atoms with Gasteiger partial charge in [0.05, 0.1) is 5.56 Å². The SMILES string of the molecule is CCN(Cc1cc(C(F)(F)F)ccc1-c1c[nH]c2ccccc12)C(=O)C1CC1. The molecule has 1 aliphatic rings. The van der Waals surface area contributed by atoms with Gasteiger partial charge >= 0.3 is 6.18 Å². The van der Waals surface area contributed by atoms with E-state index in [0.717, 1.165) is 35.4 Å². The number of fused-ring (bicyclic) bond motifs is 1. The molecule has 0 unspecified atom stereocenters. The molecule has 0 saturated heterocycles. The molecule has 28 heavy (non-hydrogen) atoms. The summed E-state index contributed by atoms with van der Waals surface area (Å²) in [6.07, 6.45) is -0.874. The van der Waals surface area contributed by atoms with Gasteiger partial charge in [0.25, 0.3) is 0 Å². The Morgan fingerprint density at radius 3 is 2.57 bits per heavy atom. The number of alkyl halides is 3. The predicted molar refractivity (Wildman–Crippen MR) is 103 cm³/mol. The van der Waals surface area contributed by atoms with Crippen molar-refractivity contribution in [2.45, 2.75) is 32.5 Å². The lowest BCUT2D eigenvalue weighted by Gasteiger charge is -2.23. The number of aromatic amines is 1. The monoisotopic (exact) mass is 386 g/mol. The Hall–Kier alpha value is -2.76. The second-order valence-electron chi connectivity index (χ2n) is 7.24. The quantitative estimate of drug-likeness (QED) is 0.608. The Labute approximate surface area is 161 Å². The molecule has 1 saturated carbocycles. The van der Waals surface area contributed by atoms with Crippen LogP contribution in [0.15, 0.2) is 48.7 Å². The smallest absolute Gasteiger partial charge is 0.361 e. The van der Waals surface area contributed by atoms with Crippen molar-refractivity contribution in [1.82, 2.24) is 9.88 Å². The molecule has 1 aliphatic carbocycles. The lowest BCUT2D eigenvalue weighted by atomic mass is 9.96. The molecule has 3 nitrogen and oxygen atoms in total. The summed E-state index contributed by atoms with van der Waals surface area (Å²) in [6.45, 7) is 2.50. The molecule has 146 valence electrons. The van der Waals surface area contributed by atoms with Crippen LogP contribution in [0.1, 0.15) is 30.9 Å². The van der Waals surface area contributed by atoms with Crippen molar-refractivity contribution in [3.05, 3.63) is 59.8 Å². The number of carbonyl (C=O) groups is 1. The molecule has 1 N–H and O–H groups in total. The first kappa shape index (κ1) is 18.6. The number of rotatable bonds is 5. The third-order valence-electron chi connectivity index (χ3n) is 5.29. The van der Waals surface area contributed by atoms with Gasteiger partial charge < -0.3 is 9.88 Å². The molecule has 0 aliphatic heterocycles. The van der Waals surface area contributed by atoms with Crippen LogP contribution in [0.2, 0.25) is 0 Å². The van der Waals surface area contributed by atoms with Crippen LogP contribution in [0, 0.1) is 5.92 Å². The zero-order valence-corrected chi connectivity index (χ0v) is 15.5. The summed E-state index contributed by atoms with van der Waals surface area (Å²) in [7, 11) is 0. The largest absolute Gasteiger partial charge is 0.416 e. The summed E-state index contributed by atoms with van der Waals surface area (Å²) in [5.74, 6) is 0.0621. The highest BCUT2D eigenvalue weighted by atomic mass is 19.4. The van der Waals surface area contributed by atoms with E-state index >= 15 is 0 Å². The molecule has 0 radical (unpaired) electrons. The Bertz CT molecular complexity index is 1020. The van der Waals surface area contributed by atoms with Crippen molar-refractivity contribution in [2.24, 2.45) is 5.92 Å². The van der Waals surface area contributed by atoms with Crippen molar-refractivity contribution < 1.29 is 18.0 Å². The fraction of sp³-hybridized carbons (Fsp3) is 0.318. The van der Waals surface area contributed by atoms with Gasteiger partial charge in [-0.15, -0.1) is 0 Å². The number of amides is 1. The Balaban J connectivity index is 1.80. The average Bonchev–Trinajstić information content (AvgIpc) is 3.44. The lowest BCUT2D eigenvalue weighted by Crippen LogP contribution is -2.31. The van der Waals surface area contributed by atoms with Crippen LogP contribution in [-0.4, -0.2) is 22.3 Å². The highest BCUT2D eigenvalue weighted by Gasteiger charge is 2.34. The van der Waals surface area contributed by atoms with Crippen molar-refractivity contribution in [3.8, 4) is 11.1 Å². The van der Waals surface area contributed by atoms with E-state index in [4.69, 9.17) is 0 Å². The van der Waals surface area contributed by atoms with Crippen LogP contribution in [0.4, 0.5) is 13.2 Å². The fourth-order valence-corrected chi connectivity index (χ4v) is 3.60. The third kappa shape index (κ3) is 3.51. The normalized spacial score (nSPS) is 14.4. The van der Waals surface area contributed by atoms with Gasteiger partial charge in [0.2, 0.25) is 5.91 Å². The Morgan fingerprint density at radius 2 is 1.89 bits per heavy atom. The molecule has 0 bridgehead atoms. The fourth-order valence-electron chi connectivity index (χ4n) is 3.60. The van der Waals surface area contributed by atoms with E-state index in [-0.39, 0.29) is 18.4 Å². The van der Waals surface area contributed by atoms with E-state index in [0.29, 0.717) is 17.7 Å². The molecular weight excluding hydrogens is 365 g/mol. The topological polar surface area (TPSA) is 36.1 Å². The van der Waals surface area contributed by atoms with Crippen LogP contribution in [0.5, 0.6) is 0 Å². The minimum absolute atomic E-state index is 0.0299. The molecule has 2 aromatic carbocycles. The first-order chi connectivity index (χ1) is 13.4. The number of aromatic nitrogens is 1. The van der Waals surface area contributed by atoms with Crippen LogP contribution < -0.4 is 0 Å². The van der Waals surface area contributed by atoms with Gasteiger partial charge in [-0.1, -0.05) is 24.3 Å². The second kappa shape index (κ2) is 7.00. The highest BCUT2D eigenvalue weighted by molar-refractivity contribution is 5.96. The Morgan fingerprint density at radius 1 is 1.14 bits per heavy atom. The summed E-state index contributed by atoms with van der Waals surface area (Å²) in [6, 6.07) is 11.5. The van der Waals surface area contributed by atoms with Crippen LogP contribution in [0.3, 0.4) is 0 Å². The number of halogens is 3. The van der Waals surface area contributed by atoms with Gasteiger partial charge in [-0.25, -0.2) is 0 Å². The maximum Gasteiger partial charge on any atom is 0.416 e. The minimum atomic E-state index is -4.43. The van der Waals surface area contributed by atoms with E-state index in [2.05, 4.69) is 4.98 Å². The number of nitrogens with one attached hydrogen (secondary N) is 1. The summed E-state index contributed by atoms with van der Waals surface area (Å²) in [5, 5.41) is 0.945. The molecule has 3 aromatic rings. The number of carbonyl (C=O) groups excluding carboxylic acids is 1. The van der Waals surface area contributed by atoms with Crippen LogP contribution >= 0.6 is 0 Å². The maximum absolute atomic E-state index is 13.3. The molecule has 1 fully saturated rings.